The van der Waals surface area contributed by atoms with Crippen LogP contribution in [0.5, 0.6) is 5.75 Å². The van der Waals surface area contributed by atoms with E-state index in [2.05, 4.69) is 35.0 Å². The number of fused-ring (bicyclic) bond motifs is 1. The lowest BCUT2D eigenvalue weighted by Gasteiger charge is -2.16. The maximum Gasteiger partial charge on any atom is 0.124 e. The third kappa shape index (κ3) is 3.02. The van der Waals surface area contributed by atoms with E-state index in [-0.39, 0.29) is 6.04 Å². The molecule has 0 saturated carbocycles. The quantitative estimate of drug-likeness (QED) is 0.836. The van der Waals surface area contributed by atoms with Crippen molar-refractivity contribution in [2.45, 2.75) is 25.1 Å². The molecule has 0 spiro atoms. The van der Waals surface area contributed by atoms with Gasteiger partial charge in [-0.2, -0.15) is 11.8 Å². The second-order valence-electron chi connectivity index (χ2n) is 5.22. The van der Waals surface area contributed by atoms with Crippen molar-refractivity contribution in [1.82, 2.24) is 0 Å². The molecule has 2 nitrogen and oxygen atoms in total. The topological polar surface area (TPSA) is 35.2 Å². The van der Waals surface area contributed by atoms with Gasteiger partial charge in [-0.1, -0.05) is 15.9 Å². The van der Waals surface area contributed by atoms with E-state index in [1.165, 1.54) is 27.5 Å². The van der Waals surface area contributed by atoms with Crippen molar-refractivity contribution in [2.75, 3.05) is 12.9 Å². The Morgan fingerprint density at radius 3 is 2.86 bits per heavy atom. The lowest BCUT2D eigenvalue weighted by atomic mass is 10.0. The average molecular weight is 384 g/mol. The standard InChI is InChI=1S/C16H18BrNOS2/c1-9-5-13(19-2)11(7-12(9)17)16(18)15-6-10-8-20-4-3-14(10)21-15/h5-7,16H,3-4,8,18H2,1-2H3. The molecule has 1 aliphatic rings. The van der Waals surface area contributed by atoms with Gasteiger partial charge in [0.25, 0.3) is 0 Å². The van der Waals surface area contributed by atoms with Crippen LogP contribution in [0.4, 0.5) is 0 Å². The second kappa shape index (κ2) is 6.32. The monoisotopic (exact) mass is 383 g/mol. The van der Waals surface area contributed by atoms with E-state index in [4.69, 9.17) is 10.5 Å². The molecule has 0 aliphatic carbocycles. The van der Waals surface area contributed by atoms with Gasteiger partial charge < -0.3 is 10.5 Å². The van der Waals surface area contributed by atoms with E-state index >= 15 is 0 Å². The summed E-state index contributed by atoms with van der Waals surface area (Å²) >= 11 is 7.46. The van der Waals surface area contributed by atoms with Gasteiger partial charge in [-0.15, -0.1) is 11.3 Å². The number of benzene rings is 1. The molecule has 0 amide bonds. The number of hydrogen-bond acceptors (Lipinski definition) is 4. The average Bonchev–Trinajstić information content (AvgIpc) is 2.92. The molecular formula is C16H18BrNOS2. The number of thioether (sulfide) groups is 1. The number of nitrogens with two attached hydrogens (primary N) is 1. The molecule has 2 heterocycles. The Kier molecular flexibility index (Phi) is 4.64. The molecule has 1 aromatic carbocycles. The normalized spacial score (nSPS) is 15.6. The highest BCUT2D eigenvalue weighted by atomic mass is 79.9. The number of halogens is 1. The smallest absolute Gasteiger partial charge is 0.124 e. The van der Waals surface area contributed by atoms with Crippen LogP contribution in [0.1, 0.15) is 32.5 Å². The van der Waals surface area contributed by atoms with Crippen LogP contribution in [0.15, 0.2) is 22.7 Å². The molecule has 0 radical (unpaired) electrons. The van der Waals surface area contributed by atoms with Crippen LogP contribution in [-0.4, -0.2) is 12.9 Å². The molecular weight excluding hydrogens is 366 g/mol. The van der Waals surface area contributed by atoms with Crippen molar-refractivity contribution >= 4 is 39.0 Å². The molecule has 0 fully saturated rings. The van der Waals surface area contributed by atoms with Crippen molar-refractivity contribution in [3.05, 3.63) is 49.1 Å². The summed E-state index contributed by atoms with van der Waals surface area (Å²) in [4.78, 5) is 2.74. The zero-order chi connectivity index (χ0) is 15.0. The predicted molar refractivity (Wildman–Crippen MR) is 95.6 cm³/mol. The summed E-state index contributed by atoms with van der Waals surface area (Å²) in [6, 6.07) is 6.29. The highest BCUT2D eigenvalue weighted by molar-refractivity contribution is 9.10. The van der Waals surface area contributed by atoms with Gasteiger partial charge in [-0.25, -0.2) is 0 Å². The van der Waals surface area contributed by atoms with E-state index in [0.29, 0.717) is 0 Å². The summed E-state index contributed by atoms with van der Waals surface area (Å²) in [5, 5.41) is 0. The summed E-state index contributed by atoms with van der Waals surface area (Å²) in [6.45, 7) is 2.06. The Bertz CT molecular complexity index is 645. The van der Waals surface area contributed by atoms with Crippen LogP contribution in [0.2, 0.25) is 0 Å². The Morgan fingerprint density at radius 2 is 2.14 bits per heavy atom. The molecule has 1 unspecified atom stereocenters. The largest absolute Gasteiger partial charge is 0.496 e. The Hall–Kier alpha value is -0.490. The lowest BCUT2D eigenvalue weighted by Crippen LogP contribution is -2.12. The van der Waals surface area contributed by atoms with E-state index in [0.717, 1.165) is 27.1 Å². The summed E-state index contributed by atoms with van der Waals surface area (Å²) < 4.78 is 6.60. The van der Waals surface area contributed by atoms with Crippen molar-refractivity contribution in [1.29, 1.82) is 0 Å². The Labute approximate surface area is 142 Å². The molecule has 3 rings (SSSR count). The van der Waals surface area contributed by atoms with E-state index < -0.39 is 0 Å². The molecule has 1 aromatic heterocycles. The minimum absolute atomic E-state index is 0.127. The minimum Gasteiger partial charge on any atom is -0.496 e. The van der Waals surface area contributed by atoms with E-state index in [1.54, 1.807) is 7.11 Å². The molecule has 5 heteroatoms. The first-order valence-corrected chi connectivity index (χ1v) is 9.65. The van der Waals surface area contributed by atoms with Gasteiger partial charge in [-0.05, 0) is 48.4 Å². The third-order valence-corrected chi connectivity index (χ3v) is 6.98. The molecule has 112 valence electrons. The number of methoxy groups -OCH3 is 1. The van der Waals surface area contributed by atoms with E-state index in [9.17, 15) is 0 Å². The zero-order valence-corrected chi connectivity index (χ0v) is 15.3. The number of aryl methyl sites for hydroxylation is 2. The van der Waals surface area contributed by atoms with Crippen LogP contribution >= 0.6 is 39.0 Å². The lowest BCUT2D eigenvalue weighted by molar-refractivity contribution is 0.407. The first-order valence-electron chi connectivity index (χ1n) is 6.89. The SMILES string of the molecule is COc1cc(C)c(Br)cc1C(N)c1cc2c(s1)CCSC2. The first-order chi connectivity index (χ1) is 10.1. The molecule has 1 aliphatic heterocycles. The first kappa shape index (κ1) is 15.4. The van der Waals surface area contributed by atoms with Crippen LogP contribution in [0.3, 0.4) is 0 Å². The fourth-order valence-corrected chi connectivity index (χ4v) is 5.32. The molecule has 0 bridgehead atoms. The van der Waals surface area contributed by atoms with Crippen LogP contribution in [-0.2, 0) is 12.2 Å². The summed E-state index contributed by atoms with van der Waals surface area (Å²) in [6.07, 6.45) is 1.17. The number of ether oxygens (including phenoxy) is 1. The zero-order valence-electron chi connectivity index (χ0n) is 12.1. The van der Waals surface area contributed by atoms with Gasteiger partial charge in [0.2, 0.25) is 0 Å². The van der Waals surface area contributed by atoms with Crippen molar-refractivity contribution in [3.8, 4) is 5.75 Å². The fourth-order valence-electron chi connectivity index (χ4n) is 2.57. The van der Waals surface area contributed by atoms with Gasteiger partial charge in [-0.3, -0.25) is 0 Å². The number of thiophene rings is 1. The van der Waals surface area contributed by atoms with Gasteiger partial charge in [0, 0.05) is 25.5 Å². The summed E-state index contributed by atoms with van der Waals surface area (Å²) in [7, 11) is 1.70. The summed E-state index contributed by atoms with van der Waals surface area (Å²) in [5.74, 6) is 3.21. The molecule has 1 atom stereocenters. The van der Waals surface area contributed by atoms with Gasteiger partial charge in [0.1, 0.15) is 5.75 Å². The maximum atomic E-state index is 6.53. The number of rotatable bonds is 3. The Balaban J connectivity index is 1.99. The van der Waals surface area contributed by atoms with E-state index in [1.807, 2.05) is 29.2 Å². The fraction of sp³-hybridized carbons (Fsp3) is 0.375. The predicted octanol–water partition coefficient (Wildman–Crippen LogP) is 4.67. The van der Waals surface area contributed by atoms with Crippen LogP contribution < -0.4 is 10.5 Å². The highest BCUT2D eigenvalue weighted by Crippen LogP contribution is 2.39. The molecule has 21 heavy (non-hydrogen) atoms. The maximum absolute atomic E-state index is 6.53. The van der Waals surface area contributed by atoms with Gasteiger partial charge in [0.05, 0.1) is 13.2 Å². The summed E-state index contributed by atoms with van der Waals surface area (Å²) in [5.41, 5.74) is 10.2. The molecule has 2 aromatic rings. The van der Waals surface area contributed by atoms with Crippen molar-refractivity contribution in [2.24, 2.45) is 5.73 Å². The van der Waals surface area contributed by atoms with Gasteiger partial charge >= 0.3 is 0 Å². The number of hydrogen-bond donors (Lipinski definition) is 1. The molecule has 0 saturated heterocycles. The third-order valence-electron chi connectivity index (χ3n) is 3.80. The van der Waals surface area contributed by atoms with Crippen LogP contribution in [0, 0.1) is 6.92 Å². The second-order valence-corrected chi connectivity index (χ2v) is 8.35. The van der Waals surface area contributed by atoms with Crippen molar-refractivity contribution < 1.29 is 4.74 Å². The Morgan fingerprint density at radius 1 is 1.33 bits per heavy atom. The highest BCUT2D eigenvalue weighted by Gasteiger charge is 2.21. The van der Waals surface area contributed by atoms with Crippen molar-refractivity contribution in [3.63, 3.8) is 0 Å². The minimum atomic E-state index is -0.127. The van der Waals surface area contributed by atoms with Crippen LogP contribution in [0.25, 0.3) is 0 Å². The van der Waals surface area contributed by atoms with Gasteiger partial charge in [0.15, 0.2) is 0 Å². The molecule has 2 N–H and O–H groups in total.